The molecule has 2 N–H and O–H groups in total. The number of nitrogens with one attached hydrogen (secondary N) is 2. The fourth-order valence-electron chi connectivity index (χ4n) is 2.08. The molecule has 0 spiro atoms. The quantitative estimate of drug-likeness (QED) is 0.867. The van der Waals surface area contributed by atoms with Crippen LogP contribution in [0.3, 0.4) is 0 Å². The summed E-state index contributed by atoms with van der Waals surface area (Å²) in [4.78, 5) is 23.2. The number of para-hydroxylation sites is 1. The number of carbonyl (C=O) groups is 2. The number of nitrogens with zero attached hydrogens (tertiary/aromatic N) is 1. The molecule has 1 heterocycles. The highest BCUT2D eigenvalue weighted by Gasteiger charge is 2.22. The average molecular weight is 273 g/mol. The molecule has 5 nitrogen and oxygen atoms in total. The smallest absolute Gasteiger partial charge is 0.271 e. The van der Waals surface area contributed by atoms with Crippen LogP contribution >= 0.6 is 0 Å². The molecule has 0 aliphatic carbocycles. The fourth-order valence-corrected chi connectivity index (χ4v) is 2.08. The molecule has 0 fully saturated rings. The van der Waals surface area contributed by atoms with Gasteiger partial charge in [0, 0.05) is 18.5 Å². The third-order valence-electron chi connectivity index (χ3n) is 3.15. The second-order valence-corrected chi connectivity index (χ2v) is 5.84. The van der Waals surface area contributed by atoms with E-state index in [1.807, 2.05) is 24.3 Å². The molecule has 0 unspecified atom stereocenters. The summed E-state index contributed by atoms with van der Waals surface area (Å²) in [5.41, 5.74) is 4.47. The van der Waals surface area contributed by atoms with Crippen molar-refractivity contribution in [3.63, 3.8) is 0 Å². The molecule has 0 saturated carbocycles. The number of anilines is 1. The van der Waals surface area contributed by atoms with Crippen molar-refractivity contribution in [2.24, 2.45) is 5.10 Å². The molecule has 0 atom stereocenters. The van der Waals surface area contributed by atoms with E-state index in [0.29, 0.717) is 18.6 Å². The molecular weight excluding hydrogens is 254 g/mol. The lowest BCUT2D eigenvalue weighted by Gasteiger charge is -2.23. The van der Waals surface area contributed by atoms with E-state index in [0.717, 1.165) is 11.3 Å². The van der Waals surface area contributed by atoms with E-state index in [1.54, 1.807) is 0 Å². The van der Waals surface area contributed by atoms with Crippen molar-refractivity contribution >= 4 is 23.2 Å². The summed E-state index contributed by atoms with van der Waals surface area (Å²) < 4.78 is 0. The van der Waals surface area contributed by atoms with Crippen LogP contribution in [0.5, 0.6) is 0 Å². The zero-order valence-corrected chi connectivity index (χ0v) is 12.0. The van der Waals surface area contributed by atoms with Gasteiger partial charge in [-0.15, -0.1) is 0 Å². The molecule has 1 aromatic carbocycles. The van der Waals surface area contributed by atoms with E-state index in [-0.39, 0.29) is 17.2 Å². The van der Waals surface area contributed by atoms with Gasteiger partial charge in [-0.2, -0.15) is 5.10 Å². The van der Waals surface area contributed by atoms with Gasteiger partial charge in [0.1, 0.15) is 5.71 Å². The molecule has 20 heavy (non-hydrogen) atoms. The van der Waals surface area contributed by atoms with Crippen LogP contribution < -0.4 is 10.7 Å². The topological polar surface area (TPSA) is 70.6 Å². The monoisotopic (exact) mass is 273 g/mol. The van der Waals surface area contributed by atoms with Crippen LogP contribution in [0.25, 0.3) is 0 Å². The predicted octanol–water partition coefficient (Wildman–Crippen LogP) is 2.19. The largest absolute Gasteiger partial charge is 0.321 e. The lowest BCUT2D eigenvalue weighted by Crippen LogP contribution is -2.33. The lowest BCUT2D eigenvalue weighted by molar-refractivity contribution is -0.121. The maximum absolute atomic E-state index is 12.2. The first-order valence-electron chi connectivity index (χ1n) is 6.64. The van der Waals surface area contributed by atoms with Crippen molar-refractivity contribution < 1.29 is 9.59 Å². The first-order chi connectivity index (χ1) is 9.38. The highest BCUT2D eigenvalue weighted by atomic mass is 16.2. The number of benzene rings is 1. The van der Waals surface area contributed by atoms with Crippen molar-refractivity contribution in [3.05, 3.63) is 29.8 Å². The summed E-state index contributed by atoms with van der Waals surface area (Å²) >= 11 is 0. The van der Waals surface area contributed by atoms with Gasteiger partial charge in [0.05, 0.1) is 0 Å². The minimum absolute atomic E-state index is 0.0630. The van der Waals surface area contributed by atoms with Gasteiger partial charge in [-0.1, -0.05) is 39.0 Å². The Kier molecular flexibility index (Phi) is 3.88. The summed E-state index contributed by atoms with van der Waals surface area (Å²) in [5.74, 6) is -0.418. The molecule has 1 aromatic rings. The molecule has 0 aromatic heterocycles. The van der Waals surface area contributed by atoms with Crippen molar-refractivity contribution in [2.45, 2.75) is 39.0 Å². The number of carbonyl (C=O) groups excluding carboxylic acids is 2. The van der Waals surface area contributed by atoms with Crippen LogP contribution in [0.1, 0.15) is 39.2 Å². The number of amides is 2. The molecular formula is C15H19N3O2. The van der Waals surface area contributed by atoms with E-state index in [1.165, 1.54) is 0 Å². The van der Waals surface area contributed by atoms with Gasteiger partial charge in [0.15, 0.2) is 0 Å². The predicted molar refractivity (Wildman–Crippen MR) is 78.6 cm³/mol. The summed E-state index contributed by atoms with van der Waals surface area (Å²) in [6.07, 6.45) is 0.669. The van der Waals surface area contributed by atoms with Gasteiger partial charge in [0.2, 0.25) is 5.91 Å². The zero-order valence-electron chi connectivity index (χ0n) is 12.0. The fraction of sp³-hybridized carbons (Fsp3) is 0.400. The van der Waals surface area contributed by atoms with Crippen LogP contribution in [0, 0.1) is 0 Å². The van der Waals surface area contributed by atoms with Crippen LogP contribution in [-0.4, -0.2) is 17.5 Å². The van der Waals surface area contributed by atoms with Crippen molar-refractivity contribution in [1.29, 1.82) is 0 Å². The Bertz CT molecular complexity index is 571. The van der Waals surface area contributed by atoms with Gasteiger partial charge >= 0.3 is 0 Å². The number of rotatable bonds is 2. The number of hydrogen-bond acceptors (Lipinski definition) is 3. The number of hydrazone groups is 1. The number of hydrogen-bond donors (Lipinski definition) is 2. The van der Waals surface area contributed by atoms with Crippen molar-refractivity contribution in [3.8, 4) is 0 Å². The van der Waals surface area contributed by atoms with E-state index in [4.69, 9.17) is 0 Å². The van der Waals surface area contributed by atoms with E-state index in [9.17, 15) is 9.59 Å². The van der Waals surface area contributed by atoms with E-state index in [2.05, 4.69) is 36.6 Å². The van der Waals surface area contributed by atoms with Gasteiger partial charge < -0.3 is 5.32 Å². The Balaban J connectivity index is 2.19. The SMILES string of the molecule is CC(C)(C)c1ccccc1NC(=O)C1=NNC(=O)CC1. The van der Waals surface area contributed by atoms with E-state index >= 15 is 0 Å². The molecule has 0 saturated heterocycles. The minimum Gasteiger partial charge on any atom is -0.321 e. The zero-order chi connectivity index (χ0) is 14.8. The maximum atomic E-state index is 12.2. The first-order valence-corrected chi connectivity index (χ1v) is 6.64. The Morgan fingerprint density at radius 2 is 1.95 bits per heavy atom. The summed E-state index contributed by atoms with van der Waals surface area (Å²) in [7, 11) is 0. The molecule has 2 amide bonds. The standard InChI is InChI=1S/C15H19N3O2/c1-15(2,3)10-6-4-5-7-11(10)16-14(20)12-8-9-13(19)18-17-12/h4-7H,8-9H2,1-3H3,(H,16,20)(H,18,19). The third kappa shape index (κ3) is 3.23. The van der Waals surface area contributed by atoms with Crippen LogP contribution in [0.4, 0.5) is 5.69 Å². The summed E-state index contributed by atoms with van der Waals surface area (Å²) in [5, 5.41) is 6.68. The van der Waals surface area contributed by atoms with Crippen molar-refractivity contribution in [1.82, 2.24) is 5.43 Å². The molecule has 1 aliphatic heterocycles. The Hall–Kier alpha value is -2.17. The maximum Gasteiger partial charge on any atom is 0.271 e. The second kappa shape index (κ2) is 5.45. The molecule has 0 bridgehead atoms. The third-order valence-corrected chi connectivity index (χ3v) is 3.15. The molecule has 1 aliphatic rings. The lowest BCUT2D eigenvalue weighted by atomic mass is 9.86. The highest BCUT2D eigenvalue weighted by Crippen LogP contribution is 2.29. The Morgan fingerprint density at radius 3 is 2.55 bits per heavy atom. The Morgan fingerprint density at radius 1 is 1.25 bits per heavy atom. The van der Waals surface area contributed by atoms with Gasteiger partial charge in [-0.25, -0.2) is 5.43 Å². The van der Waals surface area contributed by atoms with Gasteiger partial charge in [0.25, 0.3) is 5.91 Å². The molecule has 106 valence electrons. The van der Waals surface area contributed by atoms with Crippen molar-refractivity contribution in [2.75, 3.05) is 5.32 Å². The molecule has 5 heteroatoms. The average Bonchev–Trinajstić information content (AvgIpc) is 2.38. The van der Waals surface area contributed by atoms with E-state index < -0.39 is 0 Å². The highest BCUT2D eigenvalue weighted by molar-refractivity contribution is 6.43. The summed E-state index contributed by atoms with van der Waals surface area (Å²) in [6.45, 7) is 6.28. The Labute approximate surface area is 118 Å². The van der Waals surface area contributed by atoms with Gasteiger partial charge in [-0.05, 0) is 17.0 Å². The minimum atomic E-state index is -0.262. The molecule has 2 rings (SSSR count). The van der Waals surface area contributed by atoms with Crippen LogP contribution in [0.2, 0.25) is 0 Å². The van der Waals surface area contributed by atoms with Crippen LogP contribution in [-0.2, 0) is 15.0 Å². The normalized spacial score (nSPS) is 15.3. The second-order valence-electron chi connectivity index (χ2n) is 5.84. The van der Waals surface area contributed by atoms with Gasteiger partial charge in [-0.3, -0.25) is 9.59 Å². The summed E-state index contributed by atoms with van der Waals surface area (Å²) in [6, 6.07) is 7.71. The van der Waals surface area contributed by atoms with Crippen LogP contribution in [0.15, 0.2) is 29.4 Å². The molecule has 0 radical (unpaired) electrons. The first kappa shape index (κ1) is 14.2.